The van der Waals surface area contributed by atoms with Gasteiger partial charge in [-0.05, 0) is 6.07 Å². The van der Waals surface area contributed by atoms with Crippen molar-refractivity contribution in [3.05, 3.63) is 47.9 Å². The van der Waals surface area contributed by atoms with E-state index < -0.39 is 17.6 Å². The molecule has 0 aliphatic rings. The summed E-state index contributed by atoms with van der Waals surface area (Å²) in [6, 6.07) is 5.71. The highest BCUT2D eigenvalue weighted by molar-refractivity contribution is 5.65. The second kappa shape index (κ2) is 4.87. The molecule has 0 spiro atoms. The Morgan fingerprint density at radius 2 is 1.84 bits per heavy atom. The van der Waals surface area contributed by atoms with E-state index in [9.17, 15) is 17.6 Å². The predicted molar refractivity (Wildman–Crippen MR) is 61.2 cm³/mol. The summed E-state index contributed by atoms with van der Waals surface area (Å²) in [5.41, 5.74) is -1.57. The Balaban J connectivity index is 2.60. The summed E-state index contributed by atoms with van der Waals surface area (Å²) < 4.78 is 57.0. The van der Waals surface area contributed by atoms with E-state index >= 15 is 0 Å². The molecule has 0 fully saturated rings. The van der Waals surface area contributed by atoms with Crippen LogP contribution in [0.4, 0.5) is 17.6 Å². The van der Waals surface area contributed by atoms with Gasteiger partial charge in [0, 0.05) is 11.6 Å². The van der Waals surface area contributed by atoms with Gasteiger partial charge in [0.05, 0.1) is 18.9 Å². The van der Waals surface area contributed by atoms with Gasteiger partial charge in [0.2, 0.25) is 0 Å². The van der Waals surface area contributed by atoms with Crippen molar-refractivity contribution >= 4 is 0 Å². The van der Waals surface area contributed by atoms with E-state index in [0.29, 0.717) is 0 Å². The fourth-order valence-corrected chi connectivity index (χ4v) is 1.67. The quantitative estimate of drug-likeness (QED) is 0.772. The summed E-state index contributed by atoms with van der Waals surface area (Å²) in [6.07, 6.45) is -3.39. The average Bonchev–Trinajstić information content (AvgIpc) is 2.37. The Bertz CT molecular complexity index is 595. The summed E-state index contributed by atoms with van der Waals surface area (Å²) in [4.78, 5) is 3.69. The molecule has 0 aliphatic carbocycles. The molecule has 0 radical (unpaired) electrons. The molecule has 0 saturated heterocycles. The first-order valence-electron chi connectivity index (χ1n) is 5.29. The SMILES string of the molecule is COc1cnc(-c2ccccc2C(F)(F)F)c(F)c1. The molecule has 2 aromatic rings. The topological polar surface area (TPSA) is 22.1 Å². The molecule has 1 aromatic carbocycles. The van der Waals surface area contributed by atoms with E-state index in [1.54, 1.807) is 0 Å². The van der Waals surface area contributed by atoms with Crippen LogP contribution in [0.1, 0.15) is 5.56 Å². The molecule has 0 amide bonds. The van der Waals surface area contributed by atoms with E-state index in [4.69, 9.17) is 4.74 Å². The lowest BCUT2D eigenvalue weighted by Crippen LogP contribution is -2.08. The van der Waals surface area contributed by atoms with Crippen molar-refractivity contribution in [2.45, 2.75) is 6.18 Å². The first-order valence-corrected chi connectivity index (χ1v) is 5.29. The summed E-state index contributed by atoms with van der Waals surface area (Å²) >= 11 is 0. The van der Waals surface area contributed by atoms with Gasteiger partial charge in [0.25, 0.3) is 0 Å². The fourth-order valence-electron chi connectivity index (χ4n) is 1.67. The number of aromatic nitrogens is 1. The van der Waals surface area contributed by atoms with Crippen LogP contribution >= 0.6 is 0 Å². The van der Waals surface area contributed by atoms with Crippen molar-refractivity contribution in [2.24, 2.45) is 0 Å². The Morgan fingerprint density at radius 1 is 1.16 bits per heavy atom. The first-order chi connectivity index (χ1) is 8.93. The van der Waals surface area contributed by atoms with Crippen molar-refractivity contribution in [3.63, 3.8) is 0 Å². The number of rotatable bonds is 2. The molecule has 0 bridgehead atoms. The molecule has 0 atom stereocenters. The van der Waals surface area contributed by atoms with Crippen molar-refractivity contribution in [2.75, 3.05) is 7.11 Å². The number of halogens is 4. The van der Waals surface area contributed by atoms with Crippen LogP contribution in [0, 0.1) is 5.82 Å². The van der Waals surface area contributed by atoms with Crippen LogP contribution in [0.2, 0.25) is 0 Å². The van der Waals surface area contributed by atoms with Gasteiger partial charge in [-0.15, -0.1) is 0 Å². The third-order valence-corrected chi connectivity index (χ3v) is 2.54. The lowest BCUT2D eigenvalue weighted by molar-refractivity contribution is -0.137. The van der Waals surface area contributed by atoms with Gasteiger partial charge < -0.3 is 4.74 Å². The molecule has 100 valence electrons. The first kappa shape index (κ1) is 13.3. The van der Waals surface area contributed by atoms with Gasteiger partial charge in [-0.3, -0.25) is 0 Å². The molecule has 2 nitrogen and oxygen atoms in total. The van der Waals surface area contributed by atoms with Crippen LogP contribution in [0.3, 0.4) is 0 Å². The van der Waals surface area contributed by atoms with E-state index in [0.717, 1.165) is 12.1 Å². The minimum absolute atomic E-state index is 0.144. The number of hydrogen-bond acceptors (Lipinski definition) is 2. The zero-order valence-corrected chi connectivity index (χ0v) is 9.83. The van der Waals surface area contributed by atoms with Crippen LogP contribution in [0.5, 0.6) is 5.75 Å². The molecule has 0 unspecified atom stereocenters. The minimum Gasteiger partial charge on any atom is -0.495 e. The second-order valence-electron chi connectivity index (χ2n) is 3.75. The zero-order valence-electron chi connectivity index (χ0n) is 9.83. The normalized spacial score (nSPS) is 11.4. The largest absolute Gasteiger partial charge is 0.495 e. The lowest BCUT2D eigenvalue weighted by atomic mass is 10.0. The number of ether oxygens (including phenoxy) is 1. The highest BCUT2D eigenvalue weighted by Crippen LogP contribution is 2.37. The van der Waals surface area contributed by atoms with Gasteiger partial charge in [-0.2, -0.15) is 13.2 Å². The van der Waals surface area contributed by atoms with Crippen LogP contribution in [-0.2, 0) is 6.18 Å². The standard InChI is InChI=1S/C13H9F4NO/c1-19-8-6-11(14)12(18-7-8)9-4-2-3-5-10(9)13(15,16)17/h2-7H,1H3. The van der Waals surface area contributed by atoms with Crippen molar-refractivity contribution in [3.8, 4) is 17.0 Å². The monoisotopic (exact) mass is 271 g/mol. The maximum absolute atomic E-state index is 13.8. The number of nitrogens with zero attached hydrogens (tertiary/aromatic N) is 1. The molecular weight excluding hydrogens is 262 g/mol. The van der Waals surface area contributed by atoms with Gasteiger partial charge in [0.15, 0.2) is 5.82 Å². The number of benzene rings is 1. The molecule has 0 aliphatic heterocycles. The lowest BCUT2D eigenvalue weighted by Gasteiger charge is -2.12. The molecule has 0 saturated carbocycles. The van der Waals surface area contributed by atoms with Crippen LogP contribution in [-0.4, -0.2) is 12.1 Å². The maximum Gasteiger partial charge on any atom is 0.417 e. The van der Waals surface area contributed by atoms with E-state index in [2.05, 4.69) is 4.98 Å². The van der Waals surface area contributed by atoms with Gasteiger partial charge in [0.1, 0.15) is 11.4 Å². The number of methoxy groups -OCH3 is 1. The summed E-state index contributed by atoms with van der Waals surface area (Å²) in [7, 11) is 1.32. The molecule has 6 heteroatoms. The molecule has 1 aromatic heterocycles. The average molecular weight is 271 g/mol. The third-order valence-electron chi connectivity index (χ3n) is 2.54. The Hall–Kier alpha value is -2.11. The van der Waals surface area contributed by atoms with Crippen LogP contribution < -0.4 is 4.74 Å². The van der Waals surface area contributed by atoms with Crippen LogP contribution in [0.25, 0.3) is 11.3 Å². The predicted octanol–water partition coefficient (Wildman–Crippen LogP) is 3.92. The van der Waals surface area contributed by atoms with Gasteiger partial charge in [-0.1, -0.05) is 18.2 Å². The van der Waals surface area contributed by atoms with Crippen molar-refractivity contribution in [1.29, 1.82) is 0 Å². The molecule has 2 rings (SSSR count). The molecule has 1 heterocycles. The fraction of sp³-hybridized carbons (Fsp3) is 0.154. The number of hydrogen-bond donors (Lipinski definition) is 0. The van der Waals surface area contributed by atoms with E-state index in [1.807, 2.05) is 0 Å². The molecule has 19 heavy (non-hydrogen) atoms. The van der Waals surface area contributed by atoms with Gasteiger partial charge in [-0.25, -0.2) is 9.37 Å². The molecule has 0 N–H and O–H groups in total. The molecular formula is C13H9F4NO. The number of pyridine rings is 1. The third kappa shape index (κ3) is 2.67. The van der Waals surface area contributed by atoms with Gasteiger partial charge >= 0.3 is 6.18 Å². The summed E-state index contributed by atoms with van der Waals surface area (Å²) in [6.45, 7) is 0. The highest BCUT2D eigenvalue weighted by atomic mass is 19.4. The summed E-state index contributed by atoms with van der Waals surface area (Å²) in [5, 5.41) is 0. The van der Waals surface area contributed by atoms with Crippen molar-refractivity contribution < 1.29 is 22.3 Å². The van der Waals surface area contributed by atoms with E-state index in [-0.39, 0.29) is 17.0 Å². The second-order valence-corrected chi connectivity index (χ2v) is 3.75. The van der Waals surface area contributed by atoms with Crippen LogP contribution in [0.15, 0.2) is 36.5 Å². The Kier molecular flexibility index (Phi) is 3.42. The zero-order chi connectivity index (χ0) is 14.0. The Labute approximate surface area is 106 Å². The minimum atomic E-state index is -4.56. The highest BCUT2D eigenvalue weighted by Gasteiger charge is 2.34. The number of alkyl halides is 3. The van der Waals surface area contributed by atoms with Crippen molar-refractivity contribution in [1.82, 2.24) is 4.98 Å². The summed E-state index contributed by atoms with van der Waals surface area (Å²) in [5.74, 6) is -0.721. The van der Waals surface area contributed by atoms with E-state index in [1.165, 1.54) is 31.5 Å². The Morgan fingerprint density at radius 3 is 2.42 bits per heavy atom. The maximum atomic E-state index is 13.8. The smallest absolute Gasteiger partial charge is 0.417 e.